The van der Waals surface area contributed by atoms with Crippen molar-refractivity contribution in [2.45, 2.75) is 18.9 Å². The van der Waals surface area contributed by atoms with E-state index in [1.54, 1.807) is 4.90 Å². The third-order valence-corrected chi connectivity index (χ3v) is 4.06. The maximum atomic E-state index is 12.5. The number of benzene rings is 1. The highest BCUT2D eigenvalue weighted by Crippen LogP contribution is 2.29. The topological polar surface area (TPSA) is 78.7 Å². The van der Waals surface area contributed by atoms with Crippen LogP contribution in [0, 0.1) is 0 Å². The minimum Gasteiger partial charge on any atom is -0.328 e. The molecule has 0 aromatic heterocycles. The standard InChI is InChI=1S/C15H20N4O2.ClH/c16-11-5-7-18(8-6-11)10-15(21)19-9-14(20)17-12-3-1-2-4-13(12)19;/h1-4,11H,5-10,16H2,(H,17,20);1H. The molecule has 1 saturated heterocycles. The van der Waals surface area contributed by atoms with Crippen LogP contribution < -0.4 is 16.0 Å². The van der Waals surface area contributed by atoms with Gasteiger partial charge in [0, 0.05) is 19.1 Å². The highest BCUT2D eigenvalue weighted by molar-refractivity contribution is 6.10. The minimum absolute atomic E-state index is 0. The van der Waals surface area contributed by atoms with Gasteiger partial charge < -0.3 is 11.1 Å². The molecule has 1 fully saturated rings. The summed E-state index contributed by atoms with van der Waals surface area (Å²) in [5, 5.41) is 2.79. The molecular formula is C15H21ClN4O2. The van der Waals surface area contributed by atoms with Gasteiger partial charge in [-0.15, -0.1) is 12.4 Å². The van der Waals surface area contributed by atoms with Crippen LogP contribution in [-0.4, -0.2) is 48.9 Å². The SMILES string of the molecule is Cl.NC1CCN(CC(=O)N2CC(=O)Nc3ccccc32)CC1. The zero-order chi connectivity index (χ0) is 14.8. The Labute approximate surface area is 136 Å². The highest BCUT2D eigenvalue weighted by Gasteiger charge is 2.28. The number of nitrogens with two attached hydrogens (primary N) is 1. The number of nitrogens with one attached hydrogen (secondary N) is 1. The lowest BCUT2D eigenvalue weighted by molar-refractivity contribution is -0.122. The van der Waals surface area contributed by atoms with Gasteiger partial charge in [0.2, 0.25) is 11.8 Å². The molecule has 2 heterocycles. The quantitative estimate of drug-likeness (QED) is 0.844. The maximum absolute atomic E-state index is 12.5. The number of halogens is 1. The monoisotopic (exact) mass is 324 g/mol. The molecule has 22 heavy (non-hydrogen) atoms. The van der Waals surface area contributed by atoms with E-state index in [0.717, 1.165) is 31.6 Å². The Morgan fingerprint density at radius 2 is 1.95 bits per heavy atom. The Bertz CT molecular complexity index is 558. The smallest absolute Gasteiger partial charge is 0.244 e. The number of carbonyl (C=O) groups excluding carboxylic acids is 2. The first-order valence-corrected chi connectivity index (χ1v) is 7.30. The largest absolute Gasteiger partial charge is 0.328 e. The molecule has 1 aromatic carbocycles. The van der Waals surface area contributed by atoms with Gasteiger partial charge >= 0.3 is 0 Å². The van der Waals surface area contributed by atoms with Crippen molar-refractivity contribution in [2.24, 2.45) is 5.73 Å². The predicted octanol–water partition coefficient (Wildman–Crippen LogP) is 0.817. The van der Waals surface area contributed by atoms with E-state index in [1.807, 2.05) is 24.3 Å². The molecule has 0 radical (unpaired) electrons. The second-order valence-electron chi connectivity index (χ2n) is 5.66. The van der Waals surface area contributed by atoms with Crippen LogP contribution in [0.1, 0.15) is 12.8 Å². The van der Waals surface area contributed by atoms with Crippen molar-refractivity contribution in [1.29, 1.82) is 0 Å². The lowest BCUT2D eigenvalue weighted by Gasteiger charge is -2.33. The number of likely N-dealkylation sites (tertiary alicyclic amines) is 1. The van der Waals surface area contributed by atoms with Crippen LogP contribution >= 0.6 is 12.4 Å². The number of nitrogens with zero attached hydrogens (tertiary/aromatic N) is 2. The Morgan fingerprint density at radius 3 is 2.68 bits per heavy atom. The van der Waals surface area contributed by atoms with E-state index in [-0.39, 0.29) is 36.8 Å². The van der Waals surface area contributed by atoms with E-state index in [1.165, 1.54) is 0 Å². The van der Waals surface area contributed by atoms with Crippen molar-refractivity contribution in [3.63, 3.8) is 0 Å². The summed E-state index contributed by atoms with van der Waals surface area (Å²) in [6, 6.07) is 7.64. The van der Waals surface area contributed by atoms with Crippen LogP contribution in [0.15, 0.2) is 24.3 Å². The van der Waals surface area contributed by atoms with Gasteiger partial charge in [0.15, 0.2) is 0 Å². The zero-order valence-corrected chi connectivity index (χ0v) is 13.1. The van der Waals surface area contributed by atoms with E-state index in [2.05, 4.69) is 10.2 Å². The number of rotatable bonds is 2. The third-order valence-electron chi connectivity index (χ3n) is 4.06. The molecule has 0 bridgehead atoms. The Hall–Kier alpha value is -1.63. The van der Waals surface area contributed by atoms with Crippen molar-refractivity contribution in [1.82, 2.24) is 4.90 Å². The van der Waals surface area contributed by atoms with Crippen molar-refractivity contribution < 1.29 is 9.59 Å². The summed E-state index contributed by atoms with van der Waals surface area (Å²) >= 11 is 0. The summed E-state index contributed by atoms with van der Waals surface area (Å²) in [7, 11) is 0. The second-order valence-corrected chi connectivity index (χ2v) is 5.66. The molecule has 1 aromatic rings. The Morgan fingerprint density at radius 1 is 1.27 bits per heavy atom. The van der Waals surface area contributed by atoms with Gasteiger partial charge in [-0.05, 0) is 25.0 Å². The van der Waals surface area contributed by atoms with E-state index < -0.39 is 0 Å². The van der Waals surface area contributed by atoms with Crippen LogP contribution in [0.2, 0.25) is 0 Å². The zero-order valence-electron chi connectivity index (χ0n) is 12.3. The molecular weight excluding hydrogens is 304 g/mol. The Balaban J connectivity index is 0.00000176. The molecule has 6 nitrogen and oxygen atoms in total. The van der Waals surface area contributed by atoms with Crippen LogP contribution in [0.3, 0.4) is 0 Å². The second kappa shape index (κ2) is 7.09. The van der Waals surface area contributed by atoms with Gasteiger partial charge in [-0.2, -0.15) is 0 Å². The molecule has 3 rings (SSSR count). The van der Waals surface area contributed by atoms with Gasteiger partial charge in [-0.25, -0.2) is 0 Å². The first-order chi connectivity index (χ1) is 10.1. The summed E-state index contributed by atoms with van der Waals surface area (Å²) in [4.78, 5) is 28.0. The summed E-state index contributed by atoms with van der Waals surface area (Å²) in [6.07, 6.45) is 1.84. The van der Waals surface area contributed by atoms with Gasteiger partial charge in [-0.3, -0.25) is 19.4 Å². The number of carbonyl (C=O) groups is 2. The molecule has 0 aliphatic carbocycles. The van der Waals surface area contributed by atoms with Crippen molar-refractivity contribution in [2.75, 3.05) is 36.4 Å². The fraction of sp³-hybridized carbons (Fsp3) is 0.467. The van der Waals surface area contributed by atoms with E-state index in [9.17, 15) is 9.59 Å². The van der Waals surface area contributed by atoms with Crippen LogP contribution in [0.4, 0.5) is 11.4 Å². The average molecular weight is 325 g/mol. The number of piperidine rings is 1. The average Bonchev–Trinajstić information content (AvgIpc) is 2.48. The van der Waals surface area contributed by atoms with Crippen LogP contribution in [0.25, 0.3) is 0 Å². The van der Waals surface area contributed by atoms with Gasteiger partial charge in [-0.1, -0.05) is 12.1 Å². The molecule has 2 amide bonds. The lowest BCUT2D eigenvalue weighted by atomic mass is 10.1. The van der Waals surface area contributed by atoms with Crippen molar-refractivity contribution in [3.05, 3.63) is 24.3 Å². The molecule has 0 atom stereocenters. The fourth-order valence-corrected chi connectivity index (χ4v) is 2.84. The molecule has 0 spiro atoms. The van der Waals surface area contributed by atoms with Gasteiger partial charge in [0.05, 0.1) is 17.9 Å². The molecule has 2 aliphatic rings. The molecule has 0 saturated carbocycles. The number of hydrogen-bond donors (Lipinski definition) is 2. The molecule has 0 unspecified atom stereocenters. The summed E-state index contributed by atoms with van der Waals surface area (Å²) < 4.78 is 0. The number of amides is 2. The first-order valence-electron chi connectivity index (χ1n) is 7.30. The summed E-state index contributed by atoms with van der Waals surface area (Å²) in [5.74, 6) is -0.185. The first kappa shape index (κ1) is 16.7. The number of anilines is 2. The van der Waals surface area contributed by atoms with E-state index in [0.29, 0.717) is 12.2 Å². The third kappa shape index (κ3) is 3.58. The highest BCUT2D eigenvalue weighted by atomic mass is 35.5. The normalized spacial score (nSPS) is 19.1. The van der Waals surface area contributed by atoms with Crippen LogP contribution in [-0.2, 0) is 9.59 Å². The van der Waals surface area contributed by atoms with Crippen molar-refractivity contribution >= 4 is 35.6 Å². The van der Waals surface area contributed by atoms with Gasteiger partial charge in [0.1, 0.15) is 6.54 Å². The maximum Gasteiger partial charge on any atom is 0.244 e. The molecule has 7 heteroatoms. The summed E-state index contributed by atoms with van der Waals surface area (Å²) in [6.45, 7) is 2.11. The van der Waals surface area contributed by atoms with Gasteiger partial charge in [0.25, 0.3) is 0 Å². The minimum atomic E-state index is -0.150. The van der Waals surface area contributed by atoms with Crippen LogP contribution in [0.5, 0.6) is 0 Å². The van der Waals surface area contributed by atoms with E-state index >= 15 is 0 Å². The predicted molar refractivity (Wildman–Crippen MR) is 88.3 cm³/mol. The fourth-order valence-electron chi connectivity index (χ4n) is 2.84. The number of fused-ring (bicyclic) bond motifs is 1. The Kier molecular flexibility index (Phi) is 5.39. The number of hydrogen-bond acceptors (Lipinski definition) is 4. The van der Waals surface area contributed by atoms with E-state index in [4.69, 9.17) is 5.73 Å². The summed E-state index contributed by atoms with van der Waals surface area (Å²) in [5.41, 5.74) is 7.35. The molecule has 3 N–H and O–H groups in total. The number of para-hydroxylation sites is 2. The molecule has 2 aliphatic heterocycles. The molecule has 120 valence electrons. The van der Waals surface area contributed by atoms with Crippen molar-refractivity contribution in [3.8, 4) is 0 Å². The lowest BCUT2D eigenvalue weighted by Crippen LogP contribution is -2.49.